The van der Waals surface area contributed by atoms with E-state index in [0.29, 0.717) is 5.02 Å². The smallest absolute Gasteiger partial charge is 0.282 e. The summed E-state index contributed by atoms with van der Waals surface area (Å²) in [5.41, 5.74) is 0. The van der Waals surface area contributed by atoms with Crippen molar-refractivity contribution in [1.29, 1.82) is 0 Å². The molecule has 0 bridgehead atoms. The van der Waals surface area contributed by atoms with Crippen molar-refractivity contribution in [2.24, 2.45) is 0 Å². The molecule has 1 radical (unpaired) electrons. The number of hydrogen-bond acceptors (Lipinski definition) is 2. The zero-order valence-corrected chi connectivity index (χ0v) is 8.72. The molecule has 0 saturated carbocycles. The van der Waals surface area contributed by atoms with E-state index < -0.39 is 10.1 Å². The Bertz CT molecular complexity index is 346. The summed E-state index contributed by atoms with van der Waals surface area (Å²) in [6.45, 7) is 0. The fourth-order valence-electron chi connectivity index (χ4n) is 0.607. The summed E-state index contributed by atoms with van der Waals surface area (Å²) < 4.78 is 29.4. The van der Waals surface area contributed by atoms with Crippen molar-refractivity contribution in [2.45, 2.75) is 4.90 Å². The van der Waals surface area contributed by atoms with Crippen LogP contribution in [0.15, 0.2) is 29.2 Å². The first-order chi connectivity index (χ1) is 5.00. The summed E-state index contributed by atoms with van der Waals surface area (Å²) in [7, 11) is -4.08. The molecule has 0 aliphatic rings. The maximum absolute atomic E-state index is 10.5. The molecule has 0 aromatic heterocycles. The number of halogens is 1. The molecule has 1 aromatic rings. The van der Waals surface area contributed by atoms with Crippen LogP contribution in [0, 0.1) is 0 Å². The molecule has 6 heteroatoms. The summed E-state index contributed by atoms with van der Waals surface area (Å²) in [5.74, 6) is 0. The molecule has 0 spiro atoms. The molecule has 0 aliphatic heterocycles. The SMILES string of the molecule is O=S(=O)(O)c1ccc(Cl)cc1.[Ag]. The van der Waals surface area contributed by atoms with Gasteiger partial charge < -0.3 is 0 Å². The predicted molar refractivity (Wildman–Crippen MR) is 41.3 cm³/mol. The van der Waals surface area contributed by atoms with Crippen LogP contribution in [0.1, 0.15) is 0 Å². The summed E-state index contributed by atoms with van der Waals surface area (Å²) >= 11 is 5.49. The zero-order chi connectivity index (χ0) is 8.48. The fraction of sp³-hybridized carbons (Fsp3) is 0. The standard InChI is InChI=1S/C6H5ClO3S.Ag/c7-5-1-3-6(4-2-5)11(8,9)10;/h1-4H,(H,8,9,10);. The van der Waals surface area contributed by atoms with Crippen LogP contribution < -0.4 is 0 Å². The van der Waals surface area contributed by atoms with Crippen molar-refractivity contribution in [3.05, 3.63) is 29.3 Å². The van der Waals surface area contributed by atoms with Gasteiger partial charge in [0, 0.05) is 27.4 Å². The molecule has 71 valence electrons. The monoisotopic (exact) mass is 299 g/mol. The first kappa shape index (κ1) is 12.2. The molecular formula is C6H5AgClO3S. The van der Waals surface area contributed by atoms with Crippen molar-refractivity contribution in [2.75, 3.05) is 0 Å². The van der Waals surface area contributed by atoms with Crippen LogP contribution in [0.5, 0.6) is 0 Å². The maximum atomic E-state index is 10.5. The van der Waals surface area contributed by atoms with Crippen molar-refractivity contribution in [3.8, 4) is 0 Å². The Morgan fingerprint density at radius 3 is 1.92 bits per heavy atom. The minimum absolute atomic E-state index is 0. The Hall–Kier alpha value is 0.160. The first-order valence-electron chi connectivity index (χ1n) is 2.73. The normalized spacial score (nSPS) is 10.5. The molecule has 1 rings (SSSR count). The second kappa shape index (κ2) is 4.41. The van der Waals surface area contributed by atoms with Crippen molar-refractivity contribution < 1.29 is 35.4 Å². The molecule has 0 heterocycles. The van der Waals surface area contributed by atoms with Gasteiger partial charge in [0.1, 0.15) is 0 Å². The quantitative estimate of drug-likeness (QED) is 0.633. The molecule has 1 aromatic carbocycles. The van der Waals surface area contributed by atoms with E-state index in [2.05, 4.69) is 0 Å². The zero-order valence-electron chi connectivity index (χ0n) is 5.66. The van der Waals surface area contributed by atoms with Gasteiger partial charge in [-0.05, 0) is 24.3 Å². The summed E-state index contributed by atoms with van der Waals surface area (Å²) in [6.07, 6.45) is 0. The van der Waals surface area contributed by atoms with Gasteiger partial charge in [-0.15, -0.1) is 0 Å². The molecule has 0 aliphatic carbocycles. The largest absolute Gasteiger partial charge is 0.294 e. The van der Waals surface area contributed by atoms with Gasteiger partial charge in [-0.25, -0.2) is 0 Å². The molecule has 0 unspecified atom stereocenters. The number of hydrogen-bond donors (Lipinski definition) is 1. The van der Waals surface area contributed by atoms with Crippen LogP contribution in [-0.4, -0.2) is 13.0 Å². The molecule has 0 amide bonds. The van der Waals surface area contributed by atoms with Crippen molar-refractivity contribution >= 4 is 21.7 Å². The molecule has 0 saturated heterocycles. The Balaban J connectivity index is 0.00000121. The van der Waals surface area contributed by atoms with E-state index in [9.17, 15) is 8.42 Å². The van der Waals surface area contributed by atoms with Gasteiger partial charge in [-0.3, -0.25) is 4.55 Å². The molecule has 12 heavy (non-hydrogen) atoms. The van der Waals surface area contributed by atoms with Gasteiger partial charge in [0.25, 0.3) is 10.1 Å². The van der Waals surface area contributed by atoms with Crippen LogP contribution in [-0.2, 0) is 32.5 Å². The van der Waals surface area contributed by atoms with E-state index in [0.717, 1.165) is 0 Å². The second-order valence-corrected chi connectivity index (χ2v) is 3.79. The van der Waals surface area contributed by atoms with Gasteiger partial charge in [0.15, 0.2) is 0 Å². The summed E-state index contributed by atoms with van der Waals surface area (Å²) in [5, 5.41) is 0.428. The third-order valence-corrected chi connectivity index (χ3v) is 2.23. The number of rotatable bonds is 1. The van der Waals surface area contributed by atoms with E-state index in [1.807, 2.05) is 0 Å². The van der Waals surface area contributed by atoms with Crippen LogP contribution in [0.2, 0.25) is 5.02 Å². The Morgan fingerprint density at radius 1 is 1.17 bits per heavy atom. The van der Waals surface area contributed by atoms with Crippen LogP contribution >= 0.6 is 11.6 Å². The van der Waals surface area contributed by atoms with Gasteiger partial charge in [-0.2, -0.15) is 8.42 Å². The van der Waals surface area contributed by atoms with E-state index in [1.54, 1.807) is 0 Å². The predicted octanol–water partition coefficient (Wildman–Crippen LogP) is 1.58. The molecule has 3 nitrogen and oxygen atoms in total. The van der Waals surface area contributed by atoms with Crippen molar-refractivity contribution in [1.82, 2.24) is 0 Å². The fourth-order valence-corrected chi connectivity index (χ4v) is 1.21. The minimum atomic E-state index is -4.08. The first-order valence-corrected chi connectivity index (χ1v) is 4.55. The minimum Gasteiger partial charge on any atom is -0.282 e. The molecular weight excluding hydrogens is 295 g/mol. The Labute approximate surface area is 91.0 Å². The molecule has 0 atom stereocenters. The average molecular weight is 300 g/mol. The summed E-state index contributed by atoms with van der Waals surface area (Å²) in [6, 6.07) is 5.25. The number of benzene rings is 1. The van der Waals surface area contributed by atoms with Crippen LogP contribution in [0.25, 0.3) is 0 Å². The van der Waals surface area contributed by atoms with E-state index in [-0.39, 0.29) is 27.3 Å². The topological polar surface area (TPSA) is 54.4 Å². The Kier molecular flexibility index (Phi) is 4.47. The van der Waals surface area contributed by atoms with Crippen molar-refractivity contribution in [3.63, 3.8) is 0 Å². The van der Waals surface area contributed by atoms with Gasteiger partial charge in [0.2, 0.25) is 0 Å². The Morgan fingerprint density at radius 2 is 1.58 bits per heavy atom. The average Bonchev–Trinajstić information content (AvgIpc) is 1.86. The van der Waals surface area contributed by atoms with Crippen LogP contribution in [0.3, 0.4) is 0 Å². The van der Waals surface area contributed by atoms with E-state index >= 15 is 0 Å². The van der Waals surface area contributed by atoms with Gasteiger partial charge in [-0.1, -0.05) is 11.6 Å². The van der Waals surface area contributed by atoms with E-state index in [4.69, 9.17) is 16.2 Å². The van der Waals surface area contributed by atoms with E-state index in [1.165, 1.54) is 24.3 Å². The molecule has 1 N–H and O–H groups in total. The second-order valence-electron chi connectivity index (χ2n) is 1.93. The maximum Gasteiger partial charge on any atom is 0.294 e. The van der Waals surface area contributed by atoms with Gasteiger partial charge >= 0.3 is 0 Å². The summed E-state index contributed by atoms with van der Waals surface area (Å²) in [4.78, 5) is -0.151. The third-order valence-electron chi connectivity index (χ3n) is 1.11. The third kappa shape index (κ3) is 3.26. The van der Waals surface area contributed by atoms with Crippen LogP contribution in [0.4, 0.5) is 0 Å². The molecule has 0 fully saturated rings. The van der Waals surface area contributed by atoms with Gasteiger partial charge in [0.05, 0.1) is 4.90 Å².